The first-order valence-corrected chi connectivity index (χ1v) is 14.5. The quantitative estimate of drug-likeness (QED) is 0.236. The van der Waals surface area contributed by atoms with Crippen LogP contribution in [0.15, 0.2) is 91.0 Å². The predicted molar refractivity (Wildman–Crippen MR) is 159 cm³/mol. The lowest BCUT2D eigenvalue weighted by molar-refractivity contribution is -0.243. The zero-order chi connectivity index (χ0) is 27.9. The first-order chi connectivity index (χ1) is 20.2. The fourth-order valence-electron chi connectivity index (χ4n) is 5.48. The summed E-state index contributed by atoms with van der Waals surface area (Å²) in [6.07, 6.45) is -0.569. The third kappa shape index (κ3) is 6.77. The fraction of sp³-hybridized carbons (Fsp3) is 0.382. The second-order valence-corrected chi connectivity index (χ2v) is 11.2. The molecule has 4 aromatic rings. The predicted octanol–water partition coefficient (Wildman–Crippen LogP) is 5.67. The third-order valence-corrected chi connectivity index (χ3v) is 7.76. The average Bonchev–Trinajstić information content (AvgIpc) is 3.40. The van der Waals surface area contributed by atoms with Crippen molar-refractivity contribution in [3.8, 4) is 22.5 Å². The van der Waals surface area contributed by atoms with Gasteiger partial charge in [0, 0.05) is 42.7 Å². The number of nitrogens with zero attached hydrogens (tertiary/aromatic N) is 3. The van der Waals surface area contributed by atoms with Crippen molar-refractivity contribution in [2.45, 2.75) is 19.8 Å². The van der Waals surface area contributed by atoms with Crippen molar-refractivity contribution in [2.24, 2.45) is 5.41 Å². The molecule has 214 valence electrons. The number of benzene rings is 3. The number of aromatic nitrogens is 2. The zero-order valence-electron chi connectivity index (χ0n) is 23.8. The summed E-state index contributed by atoms with van der Waals surface area (Å²) >= 11 is 0. The summed E-state index contributed by atoms with van der Waals surface area (Å²) < 4.78 is 26.7. The second-order valence-electron chi connectivity index (χ2n) is 11.2. The van der Waals surface area contributed by atoms with Crippen LogP contribution in [0.1, 0.15) is 24.6 Å². The molecule has 0 atom stereocenters. The van der Waals surface area contributed by atoms with Crippen LogP contribution in [0.25, 0.3) is 22.5 Å². The number of ether oxygens (including phenoxy) is 4. The molecule has 0 spiro atoms. The highest BCUT2D eigenvalue weighted by Crippen LogP contribution is 2.38. The molecule has 0 N–H and O–H groups in total. The zero-order valence-corrected chi connectivity index (χ0v) is 23.8. The minimum atomic E-state index is -0.569. The minimum absolute atomic E-state index is 0.219. The topological polar surface area (TPSA) is 58.0 Å². The smallest absolute Gasteiger partial charge is 0.217 e. The number of hydrogen-bond donors (Lipinski definition) is 0. The van der Waals surface area contributed by atoms with Gasteiger partial charge in [0.1, 0.15) is 0 Å². The molecule has 3 aromatic carbocycles. The van der Waals surface area contributed by atoms with Gasteiger partial charge in [-0.25, -0.2) is 4.98 Å². The van der Waals surface area contributed by atoms with E-state index in [1.165, 1.54) is 5.56 Å². The SMILES string of the molecule is CC1(COCCN2CCOCC2)COC(c2nc(-c3ccccc3)c(-c3ccccc3)n2Cc2ccccc2)OC1. The first kappa shape index (κ1) is 27.8. The molecule has 0 bridgehead atoms. The molecule has 0 radical (unpaired) electrons. The third-order valence-electron chi connectivity index (χ3n) is 7.76. The highest BCUT2D eigenvalue weighted by molar-refractivity contribution is 5.79. The van der Waals surface area contributed by atoms with Crippen molar-refractivity contribution in [1.29, 1.82) is 0 Å². The van der Waals surface area contributed by atoms with E-state index in [-0.39, 0.29) is 5.41 Å². The maximum atomic E-state index is 6.43. The molecule has 0 amide bonds. The van der Waals surface area contributed by atoms with Crippen molar-refractivity contribution in [3.63, 3.8) is 0 Å². The lowest BCUT2D eigenvalue weighted by atomic mass is 9.93. The van der Waals surface area contributed by atoms with Crippen molar-refractivity contribution in [3.05, 3.63) is 102 Å². The fourth-order valence-corrected chi connectivity index (χ4v) is 5.48. The largest absolute Gasteiger partial charge is 0.379 e. The van der Waals surface area contributed by atoms with Gasteiger partial charge < -0.3 is 23.5 Å². The van der Waals surface area contributed by atoms with Crippen molar-refractivity contribution in [2.75, 3.05) is 59.3 Å². The van der Waals surface area contributed by atoms with E-state index in [1.807, 2.05) is 18.2 Å². The Hall–Kier alpha value is -3.33. The molecule has 0 unspecified atom stereocenters. The van der Waals surface area contributed by atoms with Gasteiger partial charge in [0.15, 0.2) is 5.82 Å². The van der Waals surface area contributed by atoms with Gasteiger partial charge in [-0.2, -0.15) is 0 Å². The number of rotatable bonds is 10. The van der Waals surface area contributed by atoms with Crippen molar-refractivity contribution < 1.29 is 18.9 Å². The number of hydrogen-bond acceptors (Lipinski definition) is 6. The van der Waals surface area contributed by atoms with Crippen molar-refractivity contribution >= 4 is 0 Å². The lowest BCUT2D eigenvalue weighted by Crippen LogP contribution is -2.42. The van der Waals surface area contributed by atoms with E-state index in [1.54, 1.807) is 0 Å². The Morgan fingerprint density at radius 3 is 2.10 bits per heavy atom. The van der Waals surface area contributed by atoms with Crippen LogP contribution in [0.3, 0.4) is 0 Å². The van der Waals surface area contributed by atoms with Gasteiger partial charge in [-0.3, -0.25) is 4.90 Å². The Kier molecular flexibility index (Phi) is 8.89. The molecule has 7 nitrogen and oxygen atoms in total. The standard InChI is InChI=1S/C34H39N3O4/c1-34(24-39-22-19-36-17-20-38-21-18-36)25-40-33(41-26-34)32-35-30(28-13-7-3-8-14-28)31(29-15-9-4-10-16-29)37(32)23-27-11-5-2-6-12-27/h2-16,33H,17-26H2,1H3. The summed E-state index contributed by atoms with van der Waals surface area (Å²) in [5.74, 6) is 0.779. The molecule has 7 heteroatoms. The summed E-state index contributed by atoms with van der Waals surface area (Å²) in [4.78, 5) is 7.60. The molecule has 2 aliphatic rings. The van der Waals surface area contributed by atoms with Crippen LogP contribution >= 0.6 is 0 Å². The maximum absolute atomic E-state index is 6.43. The Labute approximate surface area is 242 Å². The van der Waals surface area contributed by atoms with Crippen LogP contribution < -0.4 is 0 Å². The molecule has 1 aromatic heterocycles. The normalized spacial score (nSPS) is 21.6. The molecule has 6 rings (SSSR count). The Bertz CT molecular complexity index is 1360. The van der Waals surface area contributed by atoms with Gasteiger partial charge in [0.2, 0.25) is 6.29 Å². The van der Waals surface area contributed by atoms with Crippen LogP contribution in [-0.4, -0.2) is 73.7 Å². The molecule has 3 heterocycles. The van der Waals surface area contributed by atoms with Gasteiger partial charge in [-0.15, -0.1) is 0 Å². The van der Waals surface area contributed by atoms with Crippen LogP contribution in [0.5, 0.6) is 0 Å². The van der Waals surface area contributed by atoms with E-state index in [0.717, 1.165) is 61.2 Å². The van der Waals surface area contributed by atoms with Gasteiger partial charge in [-0.05, 0) is 5.56 Å². The van der Waals surface area contributed by atoms with Crippen LogP contribution in [-0.2, 0) is 25.5 Å². The molecule has 0 aliphatic carbocycles. The van der Waals surface area contributed by atoms with Gasteiger partial charge >= 0.3 is 0 Å². The first-order valence-electron chi connectivity index (χ1n) is 14.5. The highest BCUT2D eigenvalue weighted by atomic mass is 16.7. The highest BCUT2D eigenvalue weighted by Gasteiger charge is 2.37. The number of morpholine rings is 1. The molecule has 2 saturated heterocycles. The summed E-state index contributed by atoms with van der Waals surface area (Å²) in [5, 5.41) is 0. The number of imidazole rings is 1. The summed E-state index contributed by atoms with van der Waals surface area (Å²) in [6, 6.07) is 31.3. The Balaban J connectivity index is 1.24. The van der Waals surface area contributed by atoms with Crippen LogP contribution in [0, 0.1) is 5.41 Å². The Morgan fingerprint density at radius 2 is 1.44 bits per heavy atom. The minimum Gasteiger partial charge on any atom is -0.379 e. The molecule has 0 saturated carbocycles. The van der Waals surface area contributed by atoms with E-state index in [0.29, 0.717) is 33.0 Å². The van der Waals surface area contributed by atoms with E-state index < -0.39 is 6.29 Å². The van der Waals surface area contributed by atoms with Crippen LogP contribution in [0.2, 0.25) is 0 Å². The maximum Gasteiger partial charge on any atom is 0.217 e. The summed E-state index contributed by atoms with van der Waals surface area (Å²) in [7, 11) is 0. The summed E-state index contributed by atoms with van der Waals surface area (Å²) in [5.41, 5.74) is 5.13. The second kappa shape index (κ2) is 13.1. The monoisotopic (exact) mass is 553 g/mol. The van der Waals surface area contributed by atoms with Crippen LogP contribution in [0.4, 0.5) is 0 Å². The van der Waals surface area contributed by atoms with Gasteiger partial charge in [-0.1, -0.05) is 97.9 Å². The molecule has 2 fully saturated rings. The van der Waals surface area contributed by atoms with E-state index in [2.05, 4.69) is 89.2 Å². The Morgan fingerprint density at radius 1 is 0.829 bits per heavy atom. The average molecular weight is 554 g/mol. The molecular formula is C34H39N3O4. The van der Waals surface area contributed by atoms with E-state index >= 15 is 0 Å². The van der Waals surface area contributed by atoms with E-state index in [9.17, 15) is 0 Å². The van der Waals surface area contributed by atoms with Crippen molar-refractivity contribution in [1.82, 2.24) is 14.5 Å². The lowest BCUT2D eigenvalue weighted by Gasteiger charge is -2.37. The van der Waals surface area contributed by atoms with E-state index in [4.69, 9.17) is 23.9 Å². The molecule has 2 aliphatic heterocycles. The molecule has 41 heavy (non-hydrogen) atoms. The molecular weight excluding hydrogens is 514 g/mol. The van der Waals surface area contributed by atoms with Gasteiger partial charge in [0.05, 0.1) is 51.0 Å². The summed E-state index contributed by atoms with van der Waals surface area (Å²) in [6.45, 7) is 9.66. The van der Waals surface area contributed by atoms with Gasteiger partial charge in [0.25, 0.3) is 0 Å².